The number of hydrogen-bond donors (Lipinski definition) is 1. The van der Waals surface area contributed by atoms with Gasteiger partial charge in [0.1, 0.15) is 11.6 Å². The number of nitrogens with zero attached hydrogens (tertiary/aromatic N) is 1. The summed E-state index contributed by atoms with van der Waals surface area (Å²) in [5, 5.41) is 3.00. The number of amides is 1. The Kier molecular flexibility index (Phi) is 6.23. The van der Waals surface area contributed by atoms with Gasteiger partial charge >= 0.3 is 0 Å². The van der Waals surface area contributed by atoms with Crippen LogP contribution < -0.4 is 10.1 Å². The summed E-state index contributed by atoms with van der Waals surface area (Å²) in [6, 6.07) is 14.4. The molecule has 1 aliphatic heterocycles. The van der Waals surface area contributed by atoms with Crippen LogP contribution in [-0.2, 0) is 11.3 Å². The number of piperidine rings is 1. The Labute approximate surface area is 154 Å². The van der Waals surface area contributed by atoms with Crippen molar-refractivity contribution < 1.29 is 13.9 Å². The summed E-state index contributed by atoms with van der Waals surface area (Å²) in [6.07, 6.45) is 1.55. The van der Waals surface area contributed by atoms with E-state index in [1.807, 2.05) is 43.3 Å². The number of para-hydroxylation sites is 2. The van der Waals surface area contributed by atoms with Crippen LogP contribution in [0.2, 0.25) is 0 Å². The first-order valence-corrected chi connectivity index (χ1v) is 9.16. The molecule has 3 rings (SSSR count). The van der Waals surface area contributed by atoms with Crippen molar-refractivity contribution in [2.45, 2.75) is 26.3 Å². The lowest BCUT2D eigenvalue weighted by atomic mass is 9.95. The maximum absolute atomic E-state index is 13.8. The molecular weight excluding hydrogens is 331 g/mol. The van der Waals surface area contributed by atoms with Crippen molar-refractivity contribution in [2.24, 2.45) is 5.92 Å². The van der Waals surface area contributed by atoms with Gasteiger partial charge in [0, 0.05) is 18.0 Å². The van der Waals surface area contributed by atoms with Crippen molar-refractivity contribution in [3.8, 4) is 5.75 Å². The van der Waals surface area contributed by atoms with Gasteiger partial charge in [-0.05, 0) is 51.1 Å². The van der Waals surface area contributed by atoms with Crippen molar-refractivity contribution >= 4 is 11.6 Å². The largest absolute Gasteiger partial charge is 0.492 e. The molecule has 0 spiro atoms. The maximum Gasteiger partial charge on any atom is 0.227 e. The first-order chi connectivity index (χ1) is 12.7. The lowest BCUT2D eigenvalue weighted by molar-refractivity contribution is -0.121. The number of ether oxygens (including phenoxy) is 1. The van der Waals surface area contributed by atoms with Crippen LogP contribution in [0.1, 0.15) is 25.3 Å². The van der Waals surface area contributed by atoms with Crippen LogP contribution in [0.5, 0.6) is 5.75 Å². The van der Waals surface area contributed by atoms with E-state index < -0.39 is 0 Å². The smallest absolute Gasteiger partial charge is 0.227 e. The zero-order chi connectivity index (χ0) is 18.4. The van der Waals surface area contributed by atoms with Crippen LogP contribution in [0.15, 0.2) is 48.5 Å². The van der Waals surface area contributed by atoms with Crippen LogP contribution in [-0.4, -0.2) is 30.5 Å². The average molecular weight is 356 g/mol. The van der Waals surface area contributed by atoms with E-state index in [1.54, 1.807) is 6.07 Å². The zero-order valence-electron chi connectivity index (χ0n) is 15.1. The highest BCUT2D eigenvalue weighted by Crippen LogP contribution is 2.26. The van der Waals surface area contributed by atoms with Crippen molar-refractivity contribution in [2.75, 3.05) is 25.0 Å². The minimum Gasteiger partial charge on any atom is -0.492 e. The van der Waals surface area contributed by atoms with Gasteiger partial charge in [-0.1, -0.05) is 30.3 Å². The van der Waals surface area contributed by atoms with Crippen molar-refractivity contribution in [3.63, 3.8) is 0 Å². The van der Waals surface area contributed by atoms with Crippen LogP contribution in [0.4, 0.5) is 10.1 Å². The highest BCUT2D eigenvalue weighted by Gasteiger charge is 2.26. The Balaban J connectivity index is 1.53. The molecule has 0 aromatic heterocycles. The molecule has 26 heavy (non-hydrogen) atoms. The fourth-order valence-corrected chi connectivity index (χ4v) is 3.31. The normalized spacial score (nSPS) is 15.6. The van der Waals surface area contributed by atoms with E-state index in [-0.39, 0.29) is 17.6 Å². The number of hydrogen-bond acceptors (Lipinski definition) is 3. The molecule has 0 unspecified atom stereocenters. The van der Waals surface area contributed by atoms with Gasteiger partial charge in [0.15, 0.2) is 0 Å². The second-order valence-electron chi connectivity index (χ2n) is 6.56. The highest BCUT2D eigenvalue weighted by atomic mass is 19.1. The van der Waals surface area contributed by atoms with E-state index in [0.29, 0.717) is 30.2 Å². The molecule has 0 radical (unpaired) electrons. The third-order valence-electron chi connectivity index (χ3n) is 4.75. The lowest BCUT2D eigenvalue weighted by Gasteiger charge is -2.31. The van der Waals surface area contributed by atoms with Crippen LogP contribution in [0.3, 0.4) is 0 Å². The lowest BCUT2D eigenvalue weighted by Crippen LogP contribution is -2.38. The van der Waals surface area contributed by atoms with Crippen molar-refractivity contribution in [1.82, 2.24) is 4.90 Å². The molecule has 0 aliphatic carbocycles. The van der Waals surface area contributed by atoms with E-state index in [2.05, 4.69) is 10.2 Å². The van der Waals surface area contributed by atoms with E-state index >= 15 is 0 Å². The molecule has 0 atom stereocenters. The molecule has 1 amide bonds. The minimum atomic E-state index is -0.167. The van der Waals surface area contributed by atoms with Gasteiger partial charge in [-0.25, -0.2) is 4.39 Å². The van der Waals surface area contributed by atoms with Gasteiger partial charge < -0.3 is 10.1 Å². The second kappa shape index (κ2) is 8.81. The monoisotopic (exact) mass is 356 g/mol. The summed E-state index contributed by atoms with van der Waals surface area (Å²) < 4.78 is 19.4. The van der Waals surface area contributed by atoms with Crippen LogP contribution in [0, 0.1) is 11.7 Å². The second-order valence-corrected chi connectivity index (χ2v) is 6.56. The van der Waals surface area contributed by atoms with E-state index in [0.717, 1.165) is 25.9 Å². The van der Waals surface area contributed by atoms with Crippen molar-refractivity contribution in [3.05, 3.63) is 59.9 Å². The van der Waals surface area contributed by atoms with E-state index in [9.17, 15) is 9.18 Å². The first kappa shape index (κ1) is 18.4. The standard InChI is InChI=1S/C21H25FN2O2/c1-2-26-20-10-6-5-9-19(20)23-21(25)16-11-13-24(14-12-16)15-17-7-3-4-8-18(17)22/h3-10,16H,2,11-15H2,1H3,(H,23,25). The summed E-state index contributed by atoms with van der Waals surface area (Å²) in [7, 11) is 0. The van der Waals surface area contributed by atoms with Crippen LogP contribution >= 0.6 is 0 Å². The summed E-state index contributed by atoms with van der Waals surface area (Å²) in [4.78, 5) is 14.8. The molecule has 1 heterocycles. The van der Waals surface area contributed by atoms with Gasteiger partial charge in [-0.15, -0.1) is 0 Å². The number of carbonyl (C=O) groups excluding carboxylic acids is 1. The molecule has 0 saturated carbocycles. The number of benzene rings is 2. The number of rotatable bonds is 6. The number of carbonyl (C=O) groups is 1. The Morgan fingerprint density at radius 1 is 1.15 bits per heavy atom. The number of nitrogens with one attached hydrogen (secondary N) is 1. The van der Waals surface area contributed by atoms with Gasteiger partial charge in [0.05, 0.1) is 12.3 Å². The summed E-state index contributed by atoms with van der Waals surface area (Å²) in [5.74, 6) is 0.532. The van der Waals surface area contributed by atoms with Gasteiger partial charge in [0.25, 0.3) is 0 Å². The Morgan fingerprint density at radius 2 is 1.85 bits per heavy atom. The molecular formula is C21H25FN2O2. The number of halogens is 1. The zero-order valence-corrected chi connectivity index (χ0v) is 15.1. The average Bonchev–Trinajstić information content (AvgIpc) is 2.66. The first-order valence-electron chi connectivity index (χ1n) is 9.16. The molecule has 5 heteroatoms. The molecule has 2 aromatic rings. The predicted octanol–water partition coefficient (Wildman–Crippen LogP) is 4.08. The van der Waals surface area contributed by atoms with Gasteiger partial charge in [0.2, 0.25) is 5.91 Å². The van der Waals surface area contributed by atoms with Gasteiger partial charge in [-0.3, -0.25) is 9.69 Å². The number of likely N-dealkylation sites (tertiary alicyclic amines) is 1. The third-order valence-corrected chi connectivity index (χ3v) is 4.75. The predicted molar refractivity (Wildman–Crippen MR) is 101 cm³/mol. The highest BCUT2D eigenvalue weighted by molar-refractivity contribution is 5.94. The number of anilines is 1. The van der Waals surface area contributed by atoms with Gasteiger partial charge in [-0.2, -0.15) is 0 Å². The van der Waals surface area contributed by atoms with Crippen LogP contribution in [0.25, 0.3) is 0 Å². The minimum absolute atomic E-state index is 0.0263. The SMILES string of the molecule is CCOc1ccccc1NC(=O)C1CCN(Cc2ccccc2F)CC1. The summed E-state index contributed by atoms with van der Waals surface area (Å²) in [6.45, 7) is 4.65. The van der Waals surface area contributed by atoms with E-state index in [4.69, 9.17) is 4.74 Å². The Bertz CT molecular complexity index is 742. The summed E-state index contributed by atoms with van der Waals surface area (Å²) >= 11 is 0. The Hall–Kier alpha value is -2.40. The fraction of sp³-hybridized carbons (Fsp3) is 0.381. The quantitative estimate of drug-likeness (QED) is 0.848. The van der Waals surface area contributed by atoms with Crippen molar-refractivity contribution in [1.29, 1.82) is 0 Å². The molecule has 138 valence electrons. The third kappa shape index (κ3) is 4.61. The molecule has 4 nitrogen and oxygen atoms in total. The summed E-state index contributed by atoms with van der Waals surface area (Å²) in [5.41, 5.74) is 1.43. The molecule has 2 aromatic carbocycles. The topological polar surface area (TPSA) is 41.6 Å². The maximum atomic E-state index is 13.8. The molecule has 0 bridgehead atoms. The Morgan fingerprint density at radius 3 is 2.58 bits per heavy atom. The fourth-order valence-electron chi connectivity index (χ4n) is 3.31. The molecule has 1 saturated heterocycles. The van der Waals surface area contributed by atoms with E-state index in [1.165, 1.54) is 6.07 Å². The molecule has 1 fully saturated rings. The molecule has 1 N–H and O–H groups in total. The molecule has 1 aliphatic rings.